The summed E-state index contributed by atoms with van der Waals surface area (Å²) in [5, 5.41) is 9.97. The molecule has 1 atom stereocenters. The summed E-state index contributed by atoms with van der Waals surface area (Å²) in [6, 6.07) is 6.76. The van der Waals surface area contributed by atoms with Gasteiger partial charge in [-0.25, -0.2) is 0 Å². The van der Waals surface area contributed by atoms with Crippen LogP contribution in [0.1, 0.15) is 23.5 Å². The number of aryl methyl sites for hydroxylation is 1. The van der Waals surface area contributed by atoms with E-state index in [2.05, 4.69) is 40.9 Å². The van der Waals surface area contributed by atoms with Crippen molar-refractivity contribution in [3.63, 3.8) is 0 Å². The third kappa shape index (κ3) is 2.93. The van der Waals surface area contributed by atoms with Crippen molar-refractivity contribution in [3.05, 3.63) is 40.3 Å². The van der Waals surface area contributed by atoms with Gasteiger partial charge >= 0.3 is 0 Å². The lowest BCUT2D eigenvalue weighted by atomic mass is 10.2. The maximum atomic E-state index is 4.35. The van der Waals surface area contributed by atoms with Crippen LogP contribution >= 0.6 is 11.3 Å². The van der Waals surface area contributed by atoms with Crippen LogP contribution in [-0.2, 0) is 13.5 Å². The van der Waals surface area contributed by atoms with E-state index in [1.807, 2.05) is 17.9 Å². The van der Waals surface area contributed by atoms with Gasteiger partial charge in [-0.15, -0.1) is 11.3 Å². The molecule has 86 valence electrons. The van der Waals surface area contributed by atoms with Gasteiger partial charge in [0.25, 0.3) is 0 Å². The second-order valence-corrected chi connectivity index (χ2v) is 4.90. The summed E-state index contributed by atoms with van der Waals surface area (Å²) in [5.41, 5.74) is 1.15. The van der Waals surface area contributed by atoms with Crippen molar-refractivity contribution in [1.82, 2.24) is 15.1 Å². The molecule has 0 aromatic carbocycles. The summed E-state index contributed by atoms with van der Waals surface area (Å²) in [7, 11) is 1.95. The van der Waals surface area contributed by atoms with E-state index in [1.54, 1.807) is 11.3 Å². The summed E-state index contributed by atoms with van der Waals surface area (Å²) >= 11 is 1.80. The van der Waals surface area contributed by atoms with Crippen molar-refractivity contribution in [3.8, 4) is 0 Å². The molecule has 0 fully saturated rings. The molecule has 2 aromatic rings. The molecule has 3 nitrogen and oxygen atoms in total. The van der Waals surface area contributed by atoms with Crippen LogP contribution in [-0.4, -0.2) is 16.3 Å². The number of thiophene rings is 1. The largest absolute Gasteiger partial charge is 0.309 e. The van der Waals surface area contributed by atoms with Crippen LogP contribution in [0.25, 0.3) is 0 Å². The van der Waals surface area contributed by atoms with E-state index in [4.69, 9.17) is 0 Å². The molecule has 0 aliphatic carbocycles. The Labute approximate surface area is 100 Å². The van der Waals surface area contributed by atoms with Crippen LogP contribution in [0.5, 0.6) is 0 Å². The summed E-state index contributed by atoms with van der Waals surface area (Å²) in [4.78, 5) is 1.39. The standard InChI is InChI=1S/C12H17N3S/c1-10(12-4-3-9-16-12)13-7-5-11-6-8-15(2)14-11/h3-4,6,8-10,13H,5,7H2,1-2H3. The number of hydrogen-bond donors (Lipinski definition) is 1. The molecule has 2 rings (SSSR count). The second-order valence-electron chi connectivity index (χ2n) is 3.92. The van der Waals surface area contributed by atoms with Gasteiger partial charge in [0.05, 0.1) is 5.69 Å². The van der Waals surface area contributed by atoms with Gasteiger partial charge < -0.3 is 5.32 Å². The Morgan fingerprint density at radius 2 is 2.38 bits per heavy atom. The Morgan fingerprint density at radius 1 is 1.50 bits per heavy atom. The highest BCUT2D eigenvalue weighted by Gasteiger charge is 2.05. The normalized spacial score (nSPS) is 12.9. The molecule has 1 unspecified atom stereocenters. The number of nitrogens with one attached hydrogen (secondary N) is 1. The van der Waals surface area contributed by atoms with E-state index in [-0.39, 0.29) is 0 Å². The molecule has 0 amide bonds. The van der Waals surface area contributed by atoms with Gasteiger partial charge in [0.2, 0.25) is 0 Å². The number of aromatic nitrogens is 2. The Balaban J connectivity index is 1.76. The molecule has 2 heterocycles. The third-order valence-electron chi connectivity index (χ3n) is 2.57. The van der Waals surface area contributed by atoms with Crippen LogP contribution < -0.4 is 5.32 Å². The molecule has 16 heavy (non-hydrogen) atoms. The third-order valence-corrected chi connectivity index (χ3v) is 3.63. The quantitative estimate of drug-likeness (QED) is 0.862. The molecule has 0 bridgehead atoms. The minimum Gasteiger partial charge on any atom is -0.309 e. The molecular formula is C12H17N3S. The van der Waals surface area contributed by atoms with Crippen molar-refractivity contribution in [2.45, 2.75) is 19.4 Å². The lowest BCUT2D eigenvalue weighted by Gasteiger charge is -2.10. The highest BCUT2D eigenvalue weighted by molar-refractivity contribution is 7.10. The number of rotatable bonds is 5. The van der Waals surface area contributed by atoms with Gasteiger partial charge in [-0.05, 0) is 24.4 Å². The molecule has 0 aliphatic rings. The smallest absolute Gasteiger partial charge is 0.0637 e. The maximum Gasteiger partial charge on any atom is 0.0637 e. The average molecular weight is 235 g/mol. The van der Waals surface area contributed by atoms with E-state index in [9.17, 15) is 0 Å². The Hall–Kier alpha value is -1.13. The summed E-state index contributed by atoms with van der Waals surface area (Å²) < 4.78 is 1.85. The fourth-order valence-corrected chi connectivity index (χ4v) is 2.41. The van der Waals surface area contributed by atoms with Crippen LogP contribution in [0.4, 0.5) is 0 Å². The predicted octanol–water partition coefficient (Wildman–Crippen LogP) is 2.37. The average Bonchev–Trinajstić information content (AvgIpc) is 2.89. The zero-order valence-electron chi connectivity index (χ0n) is 9.68. The molecule has 2 aromatic heterocycles. The fourth-order valence-electron chi connectivity index (χ4n) is 1.65. The maximum absolute atomic E-state index is 4.35. The first-order valence-electron chi connectivity index (χ1n) is 5.51. The van der Waals surface area contributed by atoms with Gasteiger partial charge in [0.15, 0.2) is 0 Å². The number of nitrogens with zero attached hydrogens (tertiary/aromatic N) is 2. The first-order chi connectivity index (χ1) is 7.75. The van der Waals surface area contributed by atoms with Crippen LogP contribution in [0.15, 0.2) is 29.8 Å². The van der Waals surface area contributed by atoms with Gasteiger partial charge in [0.1, 0.15) is 0 Å². The van der Waals surface area contributed by atoms with Crippen molar-refractivity contribution in [2.24, 2.45) is 7.05 Å². The molecular weight excluding hydrogens is 218 g/mol. The van der Waals surface area contributed by atoms with E-state index in [0.717, 1.165) is 18.7 Å². The number of hydrogen-bond acceptors (Lipinski definition) is 3. The Bertz CT molecular complexity index is 419. The van der Waals surface area contributed by atoms with Crippen LogP contribution in [0.3, 0.4) is 0 Å². The van der Waals surface area contributed by atoms with Gasteiger partial charge in [-0.1, -0.05) is 6.07 Å². The lowest BCUT2D eigenvalue weighted by molar-refractivity contribution is 0.578. The molecule has 0 saturated heterocycles. The topological polar surface area (TPSA) is 29.9 Å². The van der Waals surface area contributed by atoms with Gasteiger partial charge in [-0.2, -0.15) is 5.10 Å². The molecule has 4 heteroatoms. The fraction of sp³-hybridized carbons (Fsp3) is 0.417. The SMILES string of the molecule is CC(NCCc1ccn(C)n1)c1cccs1. The first-order valence-corrected chi connectivity index (χ1v) is 6.39. The molecule has 0 radical (unpaired) electrons. The first kappa shape index (κ1) is 11.4. The van der Waals surface area contributed by atoms with Crippen LogP contribution in [0.2, 0.25) is 0 Å². The summed E-state index contributed by atoms with van der Waals surface area (Å²) in [6.07, 6.45) is 2.97. The van der Waals surface area contributed by atoms with Crippen molar-refractivity contribution in [2.75, 3.05) is 6.54 Å². The van der Waals surface area contributed by atoms with Crippen molar-refractivity contribution >= 4 is 11.3 Å². The second kappa shape index (κ2) is 5.27. The minimum atomic E-state index is 0.434. The van der Waals surface area contributed by atoms with E-state index in [0.29, 0.717) is 6.04 Å². The monoisotopic (exact) mass is 235 g/mol. The molecule has 0 spiro atoms. The zero-order valence-corrected chi connectivity index (χ0v) is 10.5. The lowest BCUT2D eigenvalue weighted by Crippen LogP contribution is -2.20. The summed E-state index contributed by atoms with van der Waals surface area (Å²) in [5.74, 6) is 0. The zero-order chi connectivity index (χ0) is 11.4. The van der Waals surface area contributed by atoms with E-state index < -0.39 is 0 Å². The predicted molar refractivity (Wildman–Crippen MR) is 67.6 cm³/mol. The minimum absolute atomic E-state index is 0.434. The van der Waals surface area contributed by atoms with Gasteiger partial charge in [0, 0.05) is 37.1 Å². The van der Waals surface area contributed by atoms with Gasteiger partial charge in [-0.3, -0.25) is 4.68 Å². The highest BCUT2D eigenvalue weighted by Crippen LogP contribution is 2.17. The molecule has 0 saturated carbocycles. The van der Waals surface area contributed by atoms with Crippen molar-refractivity contribution in [1.29, 1.82) is 0 Å². The highest BCUT2D eigenvalue weighted by atomic mass is 32.1. The Morgan fingerprint density at radius 3 is 3.00 bits per heavy atom. The van der Waals surface area contributed by atoms with Crippen molar-refractivity contribution < 1.29 is 0 Å². The molecule has 0 aliphatic heterocycles. The Kier molecular flexibility index (Phi) is 3.74. The summed E-state index contributed by atoms with van der Waals surface area (Å²) in [6.45, 7) is 3.17. The van der Waals surface area contributed by atoms with Crippen LogP contribution in [0, 0.1) is 0 Å². The van der Waals surface area contributed by atoms with E-state index >= 15 is 0 Å². The van der Waals surface area contributed by atoms with E-state index in [1.165, 1.54) is 4.88 Å². The molecule has 1 N–H and O–H groups in total.